The molecule has 0 atom stereocenters. The Hall–Kier alpha value is -0.830. The van der Waals surface area contributed by atoms with E-state index in [1.165, 1.54) is 0 Å². The number of morpholine rings is 1. The van der Waals surface area contributed by atoms with Crippen molar-refractivity contribution in [3.05, 3.63) is 0 Å². The number of hydrogen-bond donors (Lipinski definition) is 0. The van der Waals surface area contributed by atoms with E-state index in [0.717, 1.165) is 45.7 Å². The number of nitriles is 1. The van der Waals surface area contributed by atoms with Crippen molar-refractivity contribution in [3.8, 4) is 6.07 Å². The Balaban J connectivity index is 2.33. The maximum absolute atomic E-state index is 12.1. The molecule has 1 amide bonds. The quantitative estimate of drug-likeness (QED) is 0.478. The maximum atomic E-state index is 12.1. The van der Waals surface area contributed by atoms with Crippen molar-refractivity contribution in [1.29, 1.82) is 5.26 Å². The molecule has 0 saturated carbocycles. The summed E-state index contributed by atoms with van der Waals surface area (Å²) in [5, 5.41) is 8.70. The molecule has 0 aromatic carbocycles. The van der Waals surface area contributed by atoms with Crippen LogP contribution in [0.2, 0.25) is 0 Å². The lowest BCUT2D eigenvalue weighted by atomic mass is 10.2. The highest BCUT2D eigenvalue weighted by Gasteiger charge is 2.16. The van der Waals surface area contributed by atoms with Crippen molar-refractivity contribution in [2.75, 3.05) is 51.8 Å². The third-order valence-electron chi connectivity index (χ3n) is 3.41. The van der Waals surface area contributed by atoms with E-state index < -0.39 is 0 Å². The Kier molecular flexibility index (Phi) is 9.38. The number of carbonyl (C=O) groups is 1. The predicted molar refractivity (Wildman–Crippen MR) is 78.6 cm³/mol. The van der Waals surface area contributed by atoms with Crippen molar-refractivity contribution in [2.45, 2.75) is 25.7 Å². The minimum Gasteiger partial charge on any atom is -0.379 e. The van der Waals surface area contributed by atoms with Gasteiger partial charge in [-0.25, -0.2) is 0 Å². The maximum Gasteiger partial charge on any atom is 0.222 e. The van der Waals surface area contributed by atoms with Crippen LogP contribution in [0.4, 0.5) is 0 Å². The number of amides is 1. The van der Waals surface area contributed by atoms with Crippen molar-refractivity contribution in [1.82, 2.24) is 9.80 Å². The summed E-state index contributed by atoms with van der Waals surface area (Å²) in [7, 11) is 0. The Bertz CT molecular complexity index is 314. The second kappa shape index (κ2) is 10.9. The number of alkyl halides is 1. The van der Waals surface area contributed by atoms with Crippen molar-refractivity contribution >= 4 is 17.5 Å². The lowest BCUT2D eigenvalue weighted by Gasteiger charge is -2.30. The lowest BCUT2D eigenvalue weighted by molar-refractivity contribution is -0.131. The lowest BCUT2D eigenvalue weighted by Crippen LogP contribution is -2.43. The molecule has 0 aromatic heterocycles. The van der Waals surface area contributed by atoms with Crippen LogP contribution in [0.25, 0.3) is 0 Å². The van der Waals surface area contributed by atoms with Gasteiger partial charge in [0, 0.05) is 45.0 Å². The number of ether oxygens (including phenoxy) is 1. The fraction of sp³-hybridized carbons (Fsp3) is 0.857. The highest BCUT2D eigenvalue weighted by atomic mass is 35.5. The van der Waals surface area contributed by atoms with Gasteiger partial charge in [-0.15, -0.1) is 11.6 Å². The molecule has 0 radical (unpaired) electrons. The standard InChI is InChI=1S/C14H24ClN3O2/c15-5-2-1-4-14(19)18(7-3-6-16)9-8-17-10-12-20-13-11-17/h1-5,7-13H2. The molecule has 114 valence electrons. The van der Waals surface area contributed by atoms with E-state index in [4.69, 9.17) is 21.6 Å². The number of unbranched alkanes of at least 4 members (excludes halogenated alkanes) is 1. The van der Waals surface area contributed by atoms with Gasteiger partial charge in [0.05, 0.1) is 25.7 Å². The van der Waals surface area contributed by atoms with Crippen LogP contribution < -0.4 is 0 Å². The Morgan fingerprint density at radius 2 is 2.05 bits per heavy atom. The number of hydrogen-bond acceptors (Lipinski definition) is 4. The molecule has 0 aromatic rings. The van der Waals surface area contributed by atoms with E-state index in [2.05, 4.69) is 11.0 Å². The van der Waals surface area contributed by atoms with Crippen molar-refractivity contribution in [3.63, 3.8) is 0 Å². The molecule has 20 heavy (non-hydrogen) atoms. The largest absolute Gasteiger partial charge is 0.379 e. The predicted octanol–water partition coefficient (Wildman–Crippen LogP) is 1.47. The summed E-state index contributed by atoms with van der Waals surface area (Å²) in [6, 6.07) is 2.11. The highest BCUT2D eigenvalue weighted by Crippen LogP contribution is 2.05. The molecule has 0 N–H and O–H groups in total. The van der Waals surface area contributed by atoms with E-state index >= 15 is 0 Å². The third kappa shape index (κ3) is 7.09. The summed E-state index contributed by atoms with van der Waals surface area (Å²) in [6.45, 7) is 5.46. The molecule has 0 unspecified atom stereocenters. The first-order valence-corrected chi connectivity index (χ1v) is 7.82. The second-order valence-corrected chi connectivity index (χ2v) is 5.27. The molecule has 1 heterocycles. The van der Waals surface area contributed by atoms with Gasteiger partial charge in [0.15, 0.2) is 0 Å². The first-order chi connectivity index (χ1) is 9.77. The van der Waals surface area contributed by atoms with Crippen molar-refractivity contribution in [2.24, 2.45) is 0 Å². The minimum absolute atomic E-state index is 0.138. The summed E-state index contributed by atoms with van der Waals surface area (Å²) in [4.78, 5) is 16.2. The molecule has 1 aliphatic rings. The van der Waals surface area contributed by atoms with E-state index in [-0.39, 0.29) is 5.91 Å². The summed E-state index contributed by atoms with van der Waals surface area (Å²) in [5.74, 6) is 0.734. The van der Waals surface area contributed by atoms with Crippen LogP contribution in [0.15, 0.2) is 0 Å². The highest BCUT2D eigenvalue weighted by molar-refractivity contribution is 6.17. The van der Waals surface area contributed by atoms with Gasteiger partial charge in [0.1, 0.15) is 0 Å². The molecule has 5 nitrogen and oxygen atoms in total. The van der Waals surface area contributed by atoms with Crippen LogP contribution in [0.3, 0.4) is 0 Å². The van der Waals surface area contributed by atoms with Crippen molar-refractivity contribution < 1.29 is 9.53 Å². The van der Waals surface area contributed by atoms with Gasteiger partial charge in [-0.1, -0.05) is 0 Å². The number of nitrogens with zero attached hydrogens (tertiary/aromatic N) is 3. The monoisotopic (exact) mass is 301 g/mol. The molecule has 1 aliphatic heterocycles. The molecule has 0 aliphatic carbocycles. The average molecular weight is 302 g/mol. The SMILES string of the molecule is N#CCCN(CCN1CCOCC1)C(=O)CCCCCl. The average Bonchev–Trinajstić information content (AvgIpc) is 2.48. The van der Waals surface area contributed by atoms with Crippen LogP contribution in [-0.2, 0) is 9.53 Å². The normalized spacial score (nSPS) is 15.8. The molecule has 0 spiro atoms. The molecular weight excluding hydrogens is 278 g/mol. The minimum atomic E-state index is 0.138. The second-order valence-electron chi connectivity index (χ2n) is 4.89. The third-order valence-corrected chi connectivity index (χ3v) is 3.68. The first kappa shape index (κ1) is 17.2. The van der Waals surface area contributed by atoms with Gasteiger partial charge in [-0.2, -0.15) is 5.26 Å². The molecule has 0 bridgehead atoms. The summed E-state index contributed by atoms with van der Waals surface area (Å²) in [5.41, 5.74) is 0. The first-order valence-electron chi connectivity index (χ1n) is 7.28. The topological polar surface area (TPSA) is 56.6 Å². The van der Waals surface area contributed by atoms with Gasteiger partial charge in [0.2, 0.25) is 5.91 Å². The van der Waals surface area contributed by atoms with Crippen LogP contribution >= 0.6 is 11.6 Å². The van der Waals surface area contributed by atoms with E-state index in [9.17, 15) is 4.79 Å². The fourth-order valence-electron chi connectivity index (χ4n) is 2.16. The van der Waals surface area contributed by atoms with Crippen LogP contribution in [0, 0.1) is 11.3 Å². The number of carbonyl (C=O) groups excluding carboxylic acids is 1. The molecule has 1 saturated heterocycles. The Morgan fingerprint density at radius 1 is 1.30 bits per heavy atom. The number of rotatable bonds is 9. The van der Waals surface area contributed by atoms with Gasteiger partial charge in [-0.3, -0.25) is 9.69 Å². The van der Waals surface area contributed by atoms with E-state index in [1.807, 2.05) is 4.90 Å². The summed E-state index contributed by atoms with van der Waals surface area (Å²) >= 11 is 5.62. The van der Waals surface area contributed by atoms with Crippen LogP contribution in [0.1, 0.15) is 25.7 Å². The number of halogens is 1. The zero-order valence-electron chi connectivity index (χ0n) is 12.0. The smallest absolute Gasteiger partial charge is 0.222 e. The van der Waals surface area contributed by atoms with Crippen LogP contribution in [0.5, 0.6) is 0 Å². The van der Waals surface area contributed by atoms with Gasteiger partial charge >= 0.3 is 0 Å². The Labute approximate surface area is 126 Å². The molecule has 6 heteroatoms. The molecule has 1 rings (SSSR count). The van der Waals surface area contributed by atoms with Gasteiger partial charge in [-0.05, 0) is 12.8 Å². The fourth-order valence-corrected chi connectivity index (χ4v) is 2.35. The molecule has 1 fully saturated rings. The zero-order valence-corrected chi connectivity index (χ0v) is 12.8. The summed E-state index contributed by atoms with van der Waals surface area (Å²) in [6.07, 6.45) is 2.61. The van der Waals surface area contributed by atoms with Gasteiger partial charge in [0.25, 0.3) is 0 Å². The van der Waals surface area contributed by atoms with E-state index in [1.54, 1.807) is 0 Å². The summed E-state index contributed by atoms with van der Waals surface area (Å²) < 4.78 is 5.31. The van der Waals surface area contributed by atoms with Crippen LogP contribution in [-0.4, -0.2) is 67.5 Å². The van der Waals surface area contributed by atoms with E-state index in [0.29, 0.717) is 31.8 Å². The van der Waals surface area contributed by atoms with Gasteiger partial charge < -0.3 is 9.64 Å². The molecular formula is C14H24ClN3O2. The zero-order chi connectivity index (χ0) is 14.6. The Morgan fingerprint density at radius 3 is 2.70 bits per heavy atom.